The summed E-state index contributed by atoms with van der Waals surface area (Å²) in [6, 6.07) is 11.6. The van der Waals surface area contributed by atoms with Gasteiger partial charge in [-0.05, 0) is 23.8 Å². The number of rotatable bonds is 2. The highest BCUT2D eigenvalue weighted by atomic mass is 14.7. The molecule has 0 fully saturated rings. The molecule has 0 saturated carbocycles. The molecule has 0 radical (unpaired) electrons. The number of hydrogen-bond acceptors (Lipinski definition) is 3. The van der Waals surface area contributed by atoms with E-state index in [1.54, 1.807) is 6.20 Å². The largest absolute Gasteiger partial charge is 0.399 e. The van der Waals surface area contributed by atoms with Crippen LogP contribution in [0.1, 0.15) is 5.56 Å². The van der Waals surface area contributed by atoms with Crippen LogP contribution in [0.3, 0.4) is 0 Å². The van der Waals surface area contributed by atoms with Crippen molar-refractivity contribution in [1.82, 2.24) is 4.98 Å². The fraction of sp³-hybridized carbons (Fsp3) is 0.0833. The third-order valence-electron chi connectivity index (χ3n) is 2.27. The molecule has 2 rings (SSSR count). The topological polar surface area (TPSA) is 64.9 Å². The van der Waals surface area contributed by atoms with Crippen molar-refractivity contribution >= 4 is 5.69 Å². The van der Waals surface area contributed by atoms with Gasteiger partial charge < -0.3 is 11.5 Å². The normalized spacial score (nSPS) is 10.2. The van der Waals surface area contributed by atoms with Gasteiger partial charge in [-0.25, -0.2) is 0 Å². The number of aromatic nitrogens is 1. The van der Waals surface area contributed by atoms with Crippen LogP contribution in [-0.2, 0) is 6.54 Å². The molecule has 76 valence electrons. The number of hydrogen-bond donors (Lipinski definition) is 2. The third-order valence-corrected chi connectivity index (χ3v) is 2.27. The Morgan fingerprint density at radius 1 is 1.00 bits per heavy atom. The van der Waals surface area contributed by atoms with Crippen molar-refractivity contribution in [2.24, 2.45) is 5.73 Å². The Hall–Kier alpha value is -1.87. The molecule has 1 heterocycles. The summed E-state index contributed by atoms with van der Waals surface area (Å²) in [5.74, 6) is 0. The van der Waals surface area contributed by atoms with Gasteiger partial charge in [-0.15, -0.1) is 0 Å². The van der Waals surface area contributed by atoms with Gasteiger partial charge in [0.05, 0.1) is 5.69 Å². The minimum Gasteiger partial charge on any atom is -0.399 e. The molecular weight excluding hydrogens is 186 g/mol. The molecular formula is C12H13N3. The van der Waals surface area contributed by atoms with Crippen molar-refractivity contribution in [2.75, 3.05) is 5.73 Å². The number of nitrogens with zero attached hydrogens (tertiary/aromatic N) is 1. The fourth-order valence-electron chi connectivity index (χ4n) is 1.37. The highest BCUT2D eigenvalue weighted by Gasteiger charge is 1.98. The zero-order valence-electron chi connectivity index (χ0n) is 8.35. The standard InChI is InChI=1S/C12H13N3/c13-7-9-1-6-12(15-8-9)10-2-4-11(14)5-3-10/h1-6,8H,7,13-14H2. The number of benzene rings is 1. The van der Waals surface area contributed by atoms with E-state index in [1.165, 1.54) is 0 Å². The molecule has 0 spiro atoms. The van der Waals surface area contributed by atoms with Gasteiger partial charge in [0.1, 0.15) is 0 Å². The van der Waals surface area contributed by atoms with Gasteiger partial charge in [-0.3, -0.25) is 4.98 Å². The van der Waals surface area contributed by atoms with Gasteiger partial charge in [-0.1, -0.05) is 18.2 Å². The molecule has 0 aliphatic carbocycles. The van der Waals surface area contributed by atoms with Crippen molar-refractivity contribution in [3.8, 4) is 11.3 Å². The van der Waals surface area contributed by atoms with Gasteiger partial charge in [0.2, 0.25) is 0 Å². The van der Waals surface area contributed by atoms with E-state index in [0.717, 1.165) is 22.5 Å². The first-order valence-corrected chi connectivity index (χ1v) is 4.80. The lowest BCUT2D eigenvalue weighted by molar-refractivity contribution is 1.05. The van der Waals surface area contributed by atoms with E-state index in [9.17, 15) is 0 Å². The Labute approximate surface area is 88.8 Å². The quantitative estimate of drug-likeness (QED) is 0.725. The molecule has 2 aromatic rings. The molecule has 0 bridgehead atoms. The Morgan fingerprint density at radius 3 is 2.27 bits per heavy atom. The minimum atomic E-state index is 0.523. The van der Waals surface area contributed by atoms with Gasteiger partial charge in [0, 0.05) is 24.0 Å². The molecule has 3 nitrogen and oxygen atoms in total. The summed E-state index contributed by atoms with van der Waals surface area (Å²) in [6.07, 6.45) is 1.80. The average molecular weight is 199 g/mol. The van der Waals surface area contributed by atoms with Crippen molar-refractivity contribution in [3.63, 3.8) is 0 Å². The van der Waals surface area contributed by atoms with E-state index in [1.807, 2.05) is 36.4 Å². The number of nitrogen functional groups attached to an aromatic ring is 1. The molecule has 0 amide bonds. The van der Waals surface area contributed by atoms with E-state index >= 15 is 0 Å². The smallest absolute Gasteiger partial charge is 0.0702 e. The summed E-state index contributed by atoms with van der Waals surface area (Å²) in [5.41, 5.74) is 14.9. The maximum atomic E-state index is 5.61. The van der Waals surface area contributed by atoms with E-state index in [0.29, 0.717) is 6.54 Å². The van der Waals surface area contributed by atoms with Crippen molar-refractivity contribution in [2.45, 2.75) is 6.54 Å². The van der Waals surface area contributed by atoms with Crippen LogP contribution in [0.5, 0.6) is 0 Å². The van der Waals surface area contributed by atoms with Crippen LogP contribution in [0.4, 0.5) is 5.69 Å². The SMILES string of the molecule is NCc1ccc(-c2ccc(N)cc2)nc1. The molecule has 15 heavy (non-hydrogen) atoms. The van der Waals surface area contributed by atoms with Crippen LogP contribution in [0.25, 0.3) is 11.3 Å². The van der Waals surface area contributed by atoms with Crippen molar-refractivity contribution < 1.29 is 0 Å². The van der Waals surface area contributed by atoms with Gasteiger partial charge in [-0.2, -0.15) is 0 Å². The Bertz CT molecular complexity index is 431. The van der Waals surface area contributed by atoms with Crippen LogP contribution in [0, 0.1) is 0 Å². The Balaban J connectivity index is 2.33. The van der Waals surface area contributed by atoms with Gasteiger partial charge in [0.15, 0.2) is 0 Å². The van der Waals surface area contributed by atoms with Crippen LogP contribution < -0.4 is 11.5 Å². The lowest BCUT2D eigenvalue weighted by Gasteiger charge is -2.02. The molecule has 1 aromatic carbocycles. The number of pyridine rings is 1. The highest BCUT2D eigenvalue weighted by Crippen LogP contribution is 2.18. The predicted octanol–water partition coefficient (Wildman–Crippen LogP) is 1.79. The molecule has 4 N–H and O–H groups in total. The highest BCUT2D eigenvalue weighted by molar-refractivity contribution is 5.61. The zero-order valence-corrected chi connectivity index (χ0v) is 8.35. The van der Waals surface area contributed by atoms with E-state index in [2.05, 4.69) is 4.98 Å². The minimum absolute atomic E-state index is 0.523. The van der Waals surface area contributed by atoms with E-state index in [-0.39, 0.29) is 0 Å². The number of nitrogens with two attached hydrogens (primary N) is 2. The monoisotopic (exact) mass is 199 g/mol. The molecule has 0 aliphatic rings. The van der Waals surface area contributed by atoms with Gasteiger partial charge in [0.25, 0.3) is 0 Å². The molecule has 0 saturated heterocycles. The summed E-state index contributed by atoms with van der Waals surface area (Å²) < 4.78 is 0. The lowest BCUT2D eigenvalue weighted by atomic mass is 10.1. The van der Waals surface area contributed by atoms with Crippen LogP contribution in [-0.4, -0.2) is 4.98 Å². The summed E-state index contributed by atoms with van der Waals surface area (Å²) in [6.45, 7) is 0.523. The molecule has 3 heteroatoms. The first-order chi connectivity index (χ1) is 7.29. The average Bonchev–Trinajstić information content (AvgIpc) is 2.30. The maximum absolute atomic E-state index is 5.61. The summed E-state index contributed by atoms with van der Waals surface area (Å²) in [4.78, 5) is 4.33. The predicted molar refractivity (Wildman–Crippen MR) is 62.0 cm³/mol. The molecule has 0 atom stereocenters. The van der Waals surface area contributed by atoms with E-state index in [4.69, 9.17) is 11.5 Å². The maximum Gasteiger partial charge on any atom is 0.0702 e. The molecule has 0 unspecified atom stereocenters. The molecule has 0 aliphatic heterocycles. The lowest BCUT2D eigenvalue weighted by Crippen LogP contribution is -1.96. The molecule has 1 aromatic heterocycles. The summed E-state index contributed by atoms with van der Waals surface area (Å²) in [5, 5.41) is 0. The first-order valence-electron chi connectivity index (χ1n) is 4.80. The second-order valence-corrected chi connectivity index (χ2v) is 3.38. The Kier molecular flexibility index (Phi) is 2.65. The fourth-order valence-corrected chi connectivity index (χ4v) is 1.37. The van der Waals surface area contributed by atoms with Gasteiger partial charge >= 0.3 is 0 Å². The van der Waals surface area contributed by atoms with Crippen LogP contribution in [0.2, 0.25) is 0 Å². The summed E-state index contributed by atoms with van der Waals surface area (Å²) >= 11 is 0. The van der Waals surface area contributed by atoms with Crippen LogP contribution in [0.15, 0.2) is 42.6 Å². The van der Waals surface area contributed by atoms with Crippen molar-refractivity contribution in [3.05, 3.63) is 48.2 Å². The third kappa shape index (κ3) is 2.14. The first kappa shape index (κ1) is 9.68. The van der Waals surface area contributed by atoms with E-state index < -0.39 is 0 Å². The second-order valence-electron chi connectivity index (χ2n) is 3.38. The number of anilines is 1. The van der Waals surface area contributed by atoms with Crippen molar-refractivity contribution in [1.29, 1.82) is 0 Å². The second kappa shape index (κ2) is 4.11. The Morgan fingerprint density at radius 2 is 1.73 bits per heavy atom. The van der Waals surface area contributed by atoms with Crippen LogP contribution >= 0.6 is 0 Å². The zero-order chi connectivity index (χ0) is 10.7. The summed E-state index contributed by atoms with van der Waals surface area (Å²) in [7, 11) is 0.